The number of hydrogen-bond donors (Lipinski definition) is 1. The van der Waals surface area contributed by atoms with Crippen LogP contribution in [0, 0.1) is 0 Å². The van der Waals surface area contributed by atoms with Crippen molar-refractivity contribution in [3.63, 3.8) is 0 Å². The minimum absolute atomic E-state index is 0.134. The molecule has 2 aromatic carbocycles. The molecule has 7 nitrogen and oxygen atoms in total. The Hall–Kier alpha value is -2.74. The Morgan fingerprint density at radius 1 is 1.00 bits per heavy atom. The van der Waals surface area contributed by atoms with Crippen LogP contribution in [0.4, 0.5) is 0 Å². The molecule has 0 aliphatic heterocycles. The number of nitrogens with zero attached hydrogens (tertiary/aromatic N) is 1. The van der Waals surface area contributed by atoms with Gasteiger partial charge >= 0.3 is 0 Å². The fourth-order valence-corrected chi connectivity index (χ4v) is 2.95. The molecule has 2 amide bonds. The molecule has 0 aromatic heterocycles. The molecule has 0 aliphatic rings. The van der Waals surface area contributed by atoms with Gasteiger partial charge in [0.05, 0.1) is 27.9 Å². The standard InChI is InChI=1S/C20H23BrN2O5/c1-23(12-14-7-15(21)5-6-18(14)28-4)19(24)11-22-20(25)13-8-16(26-2)10-17(9-13)27-3/h5-10H,11-12H2,1-4H3,(H,22,25). The molecule has 0 bridgehead atoms. The van der Waals surface area contributed by atoms with E-state index in [9.17, 15) is 9.59 Å². The second-order valence-electron chi connectivity index (χ2n) is 5.99. The van der Waals surface area contributed by atoms with Gasteiger partial charge in [0.25, 0.3) is 5.91 Å². The smallest absolute Gasteiger partial charge is 0.251 e. The molecule has 28 heavy (non-hydrogen) atoms. The Balaban J connectivity index is 2.00. The highest BCUT2D eigenvalue weighted by molar-refractivity contribution is 9.10. The second kappa shape index (κ2) is 9.98. The lowest BCUT2D eigenvalue weighted by atomic mass is 10.2. The largest absolute Gasteiger partial charge is 0.497 e. The van der Waals surface area contributed by atoms with Gasteiger partial charge in [0.15, 0.2) is 0 Å². The molecule has 2 rings (SSSR count). The van der Waals surface area contributed by atoms with Gasteiger partial charge in [-0.05, 0) is 30.3 Å². The summed E-state index contributed by atoms with van der Waals surface area (Å²) in [5.74, 6) is 1.06. The molecular formula is C20H23BrN2O5. The van der Waals surface area contributed by atoms with Crippen molar-refractivity contribution in [2.24, 2.45) is 0 Å². The Bertz CT molecular complexity index is 834. The second-order valence-corrected chi connectivity index (χ2v) is 6.91. The SMILES string of the molecule is COc1cc(OC)cc(C(=O)NCC(=O)N(C)Cc2cc(Br)ccc2OC)c1. The Morgan fingerprint density at radius 3 is 2.21 bits per heavy atom. The molecule has 0 heterocycles. The van der Waals surface area contributed by atoms with Gasteiger partial charge < -0.3 is 24.4 Å². The minimum Gasteiger partial charge on any atom is -0.497 e. The van der Waals surface area contributed by atoms with Crippen LogP contribution in [0.5, 0.6) is 17.2 Å². The fraction of sp³-hybridized carbons (Fsp3) is 0.300. The highest BCUT2D eigenvalue weighted by Crippen LogP contribution is 2.24. The van der Waals surface area contributed by atoms with Crippen molar-refractivity contribution in [2.45, 2.75) is 6.54 Å². The van der Waals surface area contributed by atoms with Gasteiger partial charge in [0, 0.05) is 35.3 Å². The lowest BCUT2D eigenvalue weighted by Crippen LogP contribution is -2.37. The third kappa shape index (κ3) is 5.63. The maximum absolute atomic E-state index is 12.4. The van der Waals surface area contributed by atoms with E-state index in [1.165, 1.54) is 19.1 Å². The van der Waals surface area contributed by atoms with Gasteiger partial charge in [-0.3, -0.25) is 9.59 Å². The van der Waals surface area contributed by atoms with Crippen LogP contribution in [0.1, 0.15) is 15.9 Å². The summed E-state index contributed by atoms with van der Waals surface area (Å²) in [6.07, 6.45) is 0. The number of methoxy groups -OCH3 is 3. The number of hydrogen-bond acceptors (Lipinski definition) is 5. The van der Waals surface area contributed by atoms with Crippen molar-refractivity contribution < 1.29 is 23.8 Å². The van der Waals surface area contributed by atoms with Crippen LogP contribution < -0.4 is 19.5 Å². The maximum atomic E-state index is 12.4. The Morgan fingerprint density at radius 2 is 1.64 bits per heavy atom. The average molecular weight is 451 g/mol. The number of carbonyl (C=O) groups excluding carboxylic acids is 2. The summed E-state index contributed by atoms with van der Waals surface area (Å²) < 4.78 is 16.5. The predicted molar refractivity (Wildman–Crippen MR) is 109 cm³/mol. The van der Waals surface area contributed by atoms with E-state index < -0.39 is 0 Å². The van der Waals surface area contributed by atoms with Crippen LogP contribution in [0.3, 0.4) is 0 Å². The predicted octanol–water partition coefficient (Wildman–Crippen LogP) is 2.86. The zero-order valence-corrected chi connectivity index (χ0v) is 17.8. The Labute approximate surface area is 172 Å². The first kappa shape index (κ1) is 21.6. The topological polar surface area (TPSA) is 77.1 Å². The summed E-state index contributed by atoms with van der Waals surface area (Å²) in [6.45, 7) is 0.218. The van der Waals surface area contributed by atoms with E-state index in [4.69, 9.17) is 14.2 Å². The normalized spacial score (nSPS) is 10.2. The number of rotatable bonds is 8. The highest BCUT2D eigenvalue weighted by atomic mass is 79.9. The molecule has 150 valence electrons. The molecule has 2 aromatic rings. The van der Waals surface area contributed by atoms with Crippen molar-refractivity contribution in [1.82, 2.24) is 10.2 Å². The molecule has 0 radical (unpaired) electrons. The maximum Gasteiger partial charge on any atom is 0.251 e. The van der Waals surface area contributed by atoms with Gasteiger partial charge in [0.1, 0.15) is 17.2 Å². The van der Waals surface area contributed by atoms with Crippen LogP contribution in [-0.2, 0) is 11.3 Å². The van der Waals surface area contributed by atoms with Crippen LogP contribution in [0.15, 0.2) is 40.9 Å². The zero-order valence-electron chi connectivity index (χ0n) is 16.2. The molecule has 0 fully saturated rings. The zero-order chi connectivity index (χ0) is 20.7. The molecule has 0 saturated carbocycles. The van der Waals surface area contributed by atoms with E-state index in [1.54, 1.807) is 32.4 Å². The van der Waals surface area contributed by atoms with Crippen molar-refractivity contribution in [3.8, 4) is 17.2 Å². The van der Waals surface area contributed by atoms with Gasteiger partial charge in [-0.2, -0.15) is 0 Å². The summed E-state index contributed by atoms with van der Waals surface area (Å²) in [4.78, 5) is 26.3. The lowest BCUT2D eigenvalue weighted by molar-refractivity contribution is -0.129. The van der Waals surface area contributed by atoms with Crippen molar-refractivity contribution >= 4 is 27.7 Å². The number of halogens is 1. The van der Waals surface area contributed by atoms with E-state index in [0.29, 0.717) is 29.4 Å². The minimum atomic E-state index is -0.390. The average Bonchev–Trinajstić information content (AvgIpc) is 2.71. The highest BCUT2D eigenvalue weighted by Gasteiger charge is 2.15. The van der Waals surface area contributed by atoms with E-state index in [2.05, 4.69) is 21.2 Å². The quantitative estimate of drug-likeness (QED) is 0.668. The monoisotopic (exact) mass is 450 g/mol. The molecule has 0 spiro atoms. The van der Waals surface area contributed by atoms with Crippen LogP contribution in [0.25, 0.3) is 0 Å². The van der Waals surface area contributed by atoms with Crippen molar-refractivity contribution in [1.29, 1.82) is 0 Å². The van der Waals surface area contributed by atoms with Gasteiger partial charge in [-0.25, -0.2) is 0 Å². The molecular weight excluding hydrogens is 428 g/mol. The lowest BCUT2D eigenvalue weighted by Gasteiger charge is -2.19. The molecule has 0 unspecified atom stereocenters. The first-order chi connectivity index (χ1) is 13.4. The number of benzene rings is 2. The first-order valence-electron chi connectivity index (χ1n) is 8.45. The fourth-order valence-electron chi connectivity index (χ4n) is 2.55. The number of carbonyl (C=O) groups is 2. The van der Waals surface area contributed by atoms with Crippen LogP contribution in [0.2, 0.25) is 0 Å². The van der Waals surface area contributed by atoms with E-state index in [1.807, 2.05) is 18.2 Å². The number of ether oxygens (including phenoxy) is 3. The summed E-state index contributed by atoms with van der Waals surface area (Å²) >= 11 is 3.42. The van der Waals surface area contributed by atoms with Crippen molar-refractivity contribution in [3.05, 3.63) is 52.0 Å². The van der Waals surface area contributed by atoms with Gasteiger partial charge in [0.2, 0.25) is 5.91 Å². The molecule has 1 N–H and O–H groups in total. The Kier molecular flexibility index (Phi) is 7.69. The van der Waals surface area contributed by atoms with E-state index in [-0.39, 0.29) is 18.4 Å². The first-order valence-corrected chi connectivity index (χ1v) is 9.25. The van der Waals surface area contributed by atoms with Gasteiger partial charge in [-0.15, -0.1) is 0 Å². The summed E-state index contributed by atoms with van der Waals surface area (Å²) in [6, 6.07) is 10.4. The van der Waals surface area contributed by atoms with Gasteiger partial charge in [-0.1, -0.05) is 15.9 Å². The summed E-state index contributed by atoms with van der Waals surface area (Å²) in [7, 11) is 6.26. The number of likely N-dealkylation sites (N-methyl/N-ethyl adjacent to an activating group) is 1. The van der Waals surface area contributed by atoms with E-state index >= 15 is 0 Å². The van der Waals surface area contributed by atoms with Crippen molar-refractivity contribution in [2.75, 3.05) is 34.9 Å². The molecule has 0 aliphatic carbocycles. The summed E-state index contributed by atoms with van der Waals surface area (Å²) in [5, 5.41) is 2.63. The van der Waals surface area contributed by atoms with Crippen LogP contribution in [-0.4, -0.2) is 51.6 Å². The molecule has 8 heteroatoms. The van der Waals surface area contributed by atoms with Crippen LogP contribution >= 0.6 is 15.9 Å². The number of amides is 2. The third-order valence-electron chi connectivity index (χ3n) is 4.09. The number of nitrogens with one attached hydrogen (secondary N) is 1. The molecule has 0 atom stereocenters. The van der Waals surface area contributed by atoms with E-state index in [0.717, 1.165) is 10.0 Å². The third-order valence-corrected chi connectivity index (χ3v) is 4.58. The summed E-state index contributed by atoms with van der Waals surface area (Å²) in [5.41, 5.74) is 1.21. The molecule has 0 saturated heterocycles.